The first-order chi connectivity index (χ1) is 9.91. The molecule has 1 heterocycles. The quantitative estimate of drug-likeness (QED) is 0.897. The standard InChI is InChI=1S/C17H25N3O/c1-15-3-12-4-16(2,8-15)10-17(5-12,9-15)14(21)19-7-13-6-18-11-20-13/h6,11-12H,3-5,7-10H2,1-2H3,(H,18,20)(H,19,21). The minimum atomic E-state index is -0.108. The van der Waals surface area contributed by atoms with Crippen molar-refractivity contribution < 1.29 is 4.79 Å². The normalized spacial score (nSPS) is 44.0. The third kappa shape index (κ3) is 2.11. The summed E-state index contributed by atoms with van der Waals surface area (Å²) in [5.74, 6) is 1.04. The Morgan fingerprint density at radius 1 is 1.29 bits per heavy atom. The van der Waals surface area contributed by atoms with Gasteiger partial charge in [0.15, 0.2) is 0 Å². The van der Waals surface area contributed by atoms with E-state index in [1.54, 1.807) is 12.5 Å². The molecule has 4 nitrogen and oxygen atoms in total. The molecule has 0 saturated heterocycles. The highest BCUT2D eigenvalue weighted by Crippen LogP contribution is 2.69. The monoisotopic (exact) mass is 287 g/mol. The molecule has 4 saturated carbocycles. The van der Waals surface area contributed by atoms with Crippen LogP contribution in [0.25, 0.3) is 0 Å². The lowest BCUT2D eigenvalue weighted by molar-refractivity contribution is -0.170. The van der Waals surface area contributed by atoms with Crippen LogP contribution in [0.1, 0.15) is 58.1 Å². The number of nitrogens with one attached hydrogen (secondary N) is 2. The maximum atomic E-state index is 12.9. The van der Waals surface area contributed by atoms with E-state index in [0.717, 1.165) is 30.9 Å². The number of aromatic nitrogens is 2. The topological polar surface area (TPSA) is 57.8 Å². The van der Waals surface area contributed by atoms with Gasteiger partial charge in [-0.3, -0.25) is 4.79 Å². The van der Waals surface area contributed by atoms with Crippen LogP contribution in [0.15, 0.2) is 12.5 Å². The van der Waals surface area contributed by atoms with Crippen molar-refractivity contribution in [1.29, 1.82) is 0 Å². The maximum Gasteiger partial charge on any atom is 0.226 e. The van der Waals surface area contributed by atoms with E-state index in [0.29, 0.717) is 17.4 Å². The number of carbonyl (C=O) groups is 1. The van der Waals surface area contributed by atoms with Crippen molar-refractivity contribution in [2.45, 2.75) is 58.9 Å². The number of hydrogen-bond donors (Lipinski definition) is 2. The first kappa shape index (κ1) is 13.4. The summed E-state index contributed by atoms with van der Waals surface area (Å²) in [6, 6.07) is 0. The molecule has 2 N–H and O–H groups in total. The maximum absolute atomic E-state index is 12.9. The van der Waals surface area contributed by atoms with Gasteiger partial charge in [-0.2, -0.15) is 0 Å². The molecule has 2 unspecified atom stereocenters. The van der Waals surface area contributed by atoms with E-state index in [2.05, 4.69) is 29.1 Å². The van der Waals surface area contributed by atoms with Gasteiger partial charge in [0.25, 0.3) is 0 Å². The van der Waals surface area contributed by atoms with Crippen molar-refractivity contribution in [3.05, 3.63) is 18.2 Å². The Kier molecular flexibility index (Phi) is 2.61. The predicted octanol–water partition coefficient (Wildman–Crippen LogP) is 3.02. The molecule has 4 bridgehead atoms. The molecular formula is C17H25N3O. The van der Waals surface area contributed by atoms with Crippen LogP contribution < -0.4 is 5.32 Å². The van der Waals surface area contributed by atoms with Gasteiger partial charge >= 0.3 is 0 Å². The second-order valence-electron chi connectivity index (χ2n) is 8.67. The number of imidazole rings is 1. The number of aromatic amines is 1. The second-order valence-corrected chi connectivity index (χ2v) is 8.67. The zero-order chi connectivity index (χ0) is 14.7. The van der Waals surface area contributed by atoms with Gasteiger partial charge < -0.3 is 10.3 Å². The molecule has 1 amide bonds. The van der Waals surface area contributed by atoms with E-state index < -0.39 is 0 Å². The summed E-state index contributed by atoms with van der Waals surface area (Å²) in [5, 5.41) is 3.17. The Bertz CT molecular complexity index is 547. The number of hydrogen-bond acceptors (Lipinski definition) is 2. The van der Waals surface area contributed by atoms with Crippen molar-refractivity contribution in [1.82, 2.24) is 15.3 Å². The van der Waals surface area contributed by atoms with Crippen molar-refractivity contribution in [2.24, 2.45) is 22.2 Å². The number of nitrogens with zero attached hydrogens (tertiary/aromatic N) is 1. The zero-order valence-corrected chi connectivity index (χ0v) is 13.0. The molecule has 1 aromatic heterocycles. The van der Waals surface area contributed by atoms with Crippen LogP contribution in [-0.4, -0.2) is 15.9 Å². The van der Waals surface area contributed by atoms with E-state index in [9.17, 15) is 4.79 Å². The summed E-state index contributed by atoms with van der Waals surface area (Å²) < 4.78 is 0. The third-order valence-corrected chi connectivity index (χ3v) is 6.10. The highest BCUT2D eigenvalue weighted by Gasteiger charge is 2.62. The summed E-state index contributed by atoms with van der Waals surface area (Å²) >= 11 is 0. The number of carbonyl (C=O) groups excluding carboxylic acids is 1. The van der Waals surface area contributed by atoms with E-state index in [1.807, 2.05) is 0 Å². The van der Waals surface area contributed by atoms with E-state index in [4.69, 9.17) is 0 Å². The lowest BCUT2D eigenvalue weighted by Gasteiger charge is -2.64. The molecule has 4 aliphatic carbocycles. The molecule has 0 aliphatic heterocycles. The van der Waals surface area contributed by atoms with Crippen LogP contribution in [0.3, 0.4) is 0 Å². The average Bonchev–Trinajstić information content (AvgIpc) is 2.84. The summed E-state index contributed by atoms with van der Waals surface area (Å²) in [4.78, 5) is 20.0. The summed E-state index contributed by atoms with van der Waals surface area (Å²) in [6.45, 7) is 5.39. The Balaban J connectivity index is 1.54. The van der Waals surface area contributed by atoms with Gasteiger partial charge in [-0.1, -0.05) is 13.8 Å². The molecule has 4 heteroatoms. The van der Waals surface area contributed by atoms with Crippen LogP contribution in [0.5, 0.6) is 0 Å². The smallest absolute Gasteiger partial charge is 0.226 e. The fraction of sp³-hybridized carbons (Fsp3) is 0.765. The molecule has 4 fully saturated rings. The SMILES string of the molecule is CC12CC3CC(C)(C1)CC(C(=O)NCc1cnc[nH]1)(C3)C2. The minimum Gasteiger partial charge on any atom is -0.350 e. The lowest BCUT2D eigenvalue weighted by Crippen LogP contribution is -2.59. The largest absolute Gasteiger partial charge is 0.350 e. The molecule has 0 spiro atoms. The molecule has 114 valence electrons. The van der Waals surface area contributed by atoms with Gasteiger partial charge in [-0.15, -0.1) is 0 Å². The van der Waals surface area contributed by atoms with Crippen molar-refractivity contribution in [2.75, 3.05) is 0 Å². The van der Waals surface area contributed by atoms with E-state index >= 15 is 0 Å². The molecular weight excluding hydrogens is 262 g/mol. The average molecular weight is 287 g/mol. The van der Waals surface area contributed by atoms with Crippen molar-refractivity contribution in [3.63, 3.8) is 0 Å². The van der Waals surface area contributed by atoms with Gasteiger partial charge in [0.1, 0.15) is 0 Å². The highest BCUT2D eigenvalue weighted by atomic mass is 16.2. The summed E-state index contributed by atoms with van der Waals surface area (Å²) in [5.41, 5.74) is 1.65. The van der Waals surface area contributed by atoms with E-state index in [-0.39, 0.29) is 11.3 Å². The summed E-state index contributed by atoms with van der Waals surface area (Å²) in [7, 11) is 0. The molecule has 0 aromatic carbocycles. The van der Waals surface area contributed by atoms with Crippen LogP contribution in [0.4, 0.5) is 0 Å². The molecule has 4 aliphatic rings. The summed E-state index contributed by atoms with van der Waals surface area (Å²) in [6.07, 6.45) is 10.7. The second kappa shape index (κ2) is 4.11. The molecule has 0 radical (unpaired) electrons. The Labute approximate surface area is 126 Å². The number of H-pyrrole nitrogens is 1. The van der Waals surface area contributed by atoms with Crippen LogP contribution in [0.2, 0.25) is 0 Å². The predicted molar refractivity (Wildman–Crippen MR) is 80.3 cm³/mol. The van der Waals surface area contributed by atoms with Gasteiger partial charge in [-0.25, -0.2) is 4.98 Å². The van der Waals surface area contributed by atoms with Crippen LogP contribution in [-0.2, 0) is 11.3 Å². The molecule has 21 heavy (non-hydrogen) atoms. The first-order valence-electron chi connectivity index (χ1n) is 8.16. The minimum absolute atomic E-state index is 0.108. The van der Waals surface area contributed by atoms with Crippen LogP contribution >= 0.6 is 0 Å². The van der Waals surface area contributed by atoms with E-state index in [1.165, 1.54) is 19.3 Å². The fourth-order valence-corrected chi connectivity index (χ4v) is 6.45. The molecule has 2 atom stereocenters. The molecule has 5 rings (SSSR count). The fourth-order valence-electron chi connectivity index (χ4n) is 6.45. The van der Waals surface area contributed by atoms with Gasteiger partial charge in [0.05, 0.1) is 24.0 Å². The number of amides is 1. The van der Waals surface area contributed by atoms with Gasteiger partial charge in [0, 0.05) is 6.20 Å². The molecule has 1 aromatic rings. The lowest BCUT2D eigenvalue weighted by atomic mass is 9.40. The highest BCUT2D eigenvalue weighted by molar-refractivity contribution is 5.83. The van der Waals surface area contributed by atoms with Crippen molar-refractivity contribution >= 4 is 5.91 Å². The van der Waals surface area contributed by atoms with Gasteiger partial charge in [-0.05, 0) is 55.3 Å². The Morgan fingerprint density at radius 2 is 2.00 bits per heavy atom. The zero-order valence-electron chi connectivity index (χ0n) is 13.0. The number of rotatable bonds is 3. The Hall–Kier alpha value is -1.32. The van der Waals surface area contributed by atoms with Gasteiger partial charge in [0.2, 0.25) is 5.91 Å². The third-order valence-electron chi connectivity index (χ3n) is 6.10. The van der Waals surface area contributed by atoms with Crippen LogP contribution in [0, 0.1) is 22.2 Å². The Morgan fingerprint density at radius 3 is 2.57 bits per heavy atom. The first-order valence-corrected chi connectivity index (χ1v) is 8.16. The van der Waals surface area contributed by atoms with Crippen molar-refractivity contribution in [3.8, 4) is 0 Å².